The summed E-state index contributed by atoms with van der Waals surface area (Å²) in [4.78, 5) is 19.7. The van der Waals surface area contributed by atoms with Crippen LogP contribution in [0.15, 0.2) is 81.9 Å². The van der Waals surface area contributed by atoms with Crippen LogP contribution in [-0.2, 0) is 9.84 Å². The van der Waals surface area contributed by atoms with E-state index in [2.05, 4.69) is 15.3 Å². The summed E-state index contributed by atoms with van der Waals surface area (Å²) < 4.78 is 60.5. The molecule has 1 amide bonds. The van der Waals surface area contributed by atoms with Crippen molar-refractivity contribution in [3.63, 3.8) is 0 Å². The monoisotopic (exact) mass is 439 g/mol. The Kier molecular flexibility index (Phi) is 5.89. The third-order valence-electron chi connectivity index (χ3n) is 3.57. The first-order valence-electron chi connectivity index (χ1n) is 7.94. The van der Waals surface area contributed by atoms with Crippen LogP contribution in [-0.4, -0.2) is 29.8 Å². The van der Waals surface area contributed by atoms with E-state index in [-0.39, 0.29) is 5.56 Å². The molecule has 0 saturated heterocycles. The van der Waals surface area contributed by atoms with Crippen molar-refractivity contribution >= 4 is 33.2 Å². The number of hydrogen-bond donors (Lipinski definition) is 1. The van der Waals surface area contributed by atoms with E-state index in [1.165, 1.54) is 18.0 Å². The van der Waals surface area contributed by atoms with E-state index in [0.717, 1.165) is 24.3 Å². The molecule has 0 aliphatic carbocycles. The Labute approximate surface area is 168 Å². The van der Waals surface area contributed by atoms with Gasteiger partial charge in [0, 0.05) is 23.6 Å². The third kappa shape index (κ3) is 4.93. The number of benzene rings is 1. The average molecular weight is 439 g/mol. The second kappa shape index (κ2) is 8.21. The molecule has 0 unspecified atom stereocenters. The predicted octanol–water partition coefficient (Wildman–Crippen LogP) is 4.17. The zero-order valence-corrected chi connectivity index (χ0v) is 16.1. The number of nitrogens with zero attached hydrogens (tertiary/aromatic N) is 2. The summed E-state index contributed by atoms with van der Waals surface area (Å²) in [5.74, 6) is -0.610. The molecule has 2 aromatic heterocycles. The molecule has 0 radical (unpaired) electrons. The predicted molar refractivity (Wildman–Crippen MR) is 100 cm³/mol. The lowest BCUT2D eigenvalue weighted by Crippen LogP contribution is -2.23. The maximum atomic E-state index is 12.6. The number of hydrogen-bond acceptors (Lipinski definition) is 6. The van der Waals surface area contributed by atoms with Gasteiger partial charge >= 0.3 is 5.51 Å². The van der Waals surface area contributed by atoms with Crippen LogP contribution in [0.2, 0.25) is 0 Å². The first-order chi connectivity index (χ1) is 13.7. The van der Waals surface area contributed by atoms with Crippen molar-refractivity contribution < 1.29 is 26.4 Å². The number of nitrogens with one attached hydrogen (secondary N) is 1. The van der Waals surface area contributed by atoms with E-state index in [1.807, 2.05) is 6.07 Å². The Hall–Kier alpha value is -2.92. The van der Waals surface area contributed by atoms with Crippen LogP contribution >= 0.6 is 11.8 Å². The molecule has 0 aliphatic rings. The van der Waals surface area contributed by atoms with E-state index >= 15 is 0 Å². The quantitative estimate of drug-likeness (QED) is 0.642. The standard InChI is InChI=1S/C18H12F3N3O3S2/c19-18(20,21)29(26,27)14-6-4-12(5-7-14)17(25)24-13-8-10-23-16(11-13)28-15-3-1-2-9-22-15/h1-11H,(H,23,24,25). The second-order valence-electron chi connectivity index (χ2n) is 5.58. The van der Waals surface area contributed by atoms with Crippen molar-refractivity contribution in [2.75, 3.05) is 5.32 Å². The minimum atomic E-state index is -5.46. The fraction of sp³-hybridized carbons (Fsp3) is 0.0556. The highest BCUT2D eigenvalue weighted by atomic mass is 32.2. The number of anilines is 1. The van der Waals surface area contributed by atoms with Crippen LogP contribution in [0.1, 0.15) is 10.4 Å². The molecule has 0 atom stereocenters. The molecular formula is C18H12F3N3O3S2. The summed E-state index contributed by atoms with van der Waals surface area (Å²) in [6, 6.07) is 12.1. The van der Waals surface area contributed by atoms with Crippen LogP contribution < -0.4 is 5.32 Å². The first-order valence-corrected chi connectivity index (χ1v) is 10.2. The first kappa shape index (κ1) is 20.8. The van der Waals surface area contributed by atoms with Gasteiger partial charge in [0.15, 0.2) is 0 Å². The van der Waals surface area contributed by atoms with Crippen molar-refractivity contribution in [1.29, 1.82) is 0 Å². The summed E-state index contributed by atoms with van der Waals surface area (Å²) >= 11 is 1.28. The molecule has 0 spiro atoms. The fourth-order valence-electron chi connectivity index (χ4n) is 2.18. The molecular weight excluding hydrogens is 427 g/mol. The maximum Gasteiger partial charge on any atom is 0.501 e. The number of carbonyl (C=O) groups excluding carboxylic acids is 1. The molecule has 0 fully saturated rings. The lowest BCUT2D eigenvalue weighted by Gasteiger charge is -2.09. The van der Waals surface area contributed by atoms with Gasteiger partial charge in [-0.15, -0.1) is 0 Å². The lowest BCUT2D eigenvalue weighted by molar-refractivity contribution is -0.0436. The Morgan fingerprint density at radius 2 is 1.62 bits per heavy atom. The van der Waals surface area contributed by atoms with Crippen molar-refractivity contribution in [2.24, 2.45) is 0 Å². The van der Waals surface area contributed by atoms with Gasteiger partial charge in [-0.2, -0.15) is 13.2 Å². The van der Waals surface area contributed by atoms with Gasteiger partial charge in [-0.25, -0.2) is 18.4 Å². The Morgan fingerprint density at radius 1 is 0.931 bits per heavy atom. The van der Waals surface area contributed by atoms with Crippen molar-refractivity contribution in [3.8, 4) is 0 Å². The minimum absolute atomic E-state index is 0.00173. The SMILES string of the molecule is O=C(Nc1ccnc(Sc2ccccn2)c1)c1ccc(S(=O)(=O)C(F)(F)F)cc1. The lowest BCUT2D eigenvalue weighted by atomic mass is 10.2. The number of carbonyl (C=O) groups is 1. The number of aromatic nitrogens is 2. The Morgan fingerprint density at radius 3 is 2.24 bits per heavy atom. The number of alkyl halides is 3. The molecule has 1 N–H and O–H groups in total. The summed E-state index contributed by atoms with van der Waals surface area (Å²) in [6.45, 7) is 0. The molecule has 0 aliphatic heterocycles. The zero-order valence-electron chi connectivity index (χ0n) is 14.4. The number of amides is 1. The Bertz CT molecular complexity index is 1120. The van der Waals surface area contributed by atoms with Crippen molar-refractivity contribution in [2.45, 2.75) is 20.5 Å². The normalized spacial score (nSPS) is 11.8. The summed E-state index contributed by atoms with van der Waals surface area (Å²) in [6.07, 6.45) is 3.12. The van der Waals surface area contributed by atoms with Crippen LogP contribution in [0.25, 0.3) is 0 Å². The molecule has 150 valence electrons. The van der Waals surface area contributed by atoms with Gasteiger partial charge in [0.1, 0.15) is 10.1 Å². The third-order valence-corrected chi connectivity index (χ3v) is 5.96. The molecule has 0 bridgehead atoms. The highest BCUT2D eigenvalue weighted by Gasteiger charge is 2.46. The molecule has 0 saturated carbocycles. The molecule has 2 heterocycles. The van der Waals surface area contributed by atoms with E-state index in [9.17, 15) is 26.4 Å². The summed E-state index contributed by atoms with van der Waals surface area (Å²) in [7, 11) is -5.46. The van der Waals surface area contributed by atoms with Crippen LogP contribution in [0.4, 0.5) is 18.9 Å². The summed E-state index contributed by atoms with van der Waals surface area (Å²) in [5, 5.41) is 3.88. The molecule has 29 heavy (non-hydrogen) atoms. The van der Waals surface area contributed by atoms with Gasteiger partial charge in [0.25, 0.3) is 15.7 Å². The number of sulfone groups is 1. The van der Waals surface area contributed by atoms with E-state index in [4.69, 9.17) is 0 Å². The molecule has 3 rings (SSSR count). The van der Waals surface area contributed by atoms with Gasteiger partial charge in [0.05, 0.1) is 4.90 Å². The number of pyridine rings is 2. The van der Waals surface area contributed by atoms with Gasteiger partial charge in [-0.3, -0.25) is 4.79 Å². The van der Waals surface area contributed by atoms with E-state index in [1.54, 1.807) is 30.5 Å². The van der Waals surface area contributed by atoms with Gasteiger partial charge in [-0.1, -0.05) is 17.8 Å². The molecule has 1 aromatic carbocycles. The van der Waals surface area contributed by atoms with Gasteiger partial charge < -0.3 is 5.32 Å². The summed E-state index contributed by atoms with van der Waals surface area (Å²) in [5.41, 5.74) is -4.99. The van der Waals surface area contributed by atoms with Gasteiger partial charge in [0.2, 0.25) is 0 Å². The number of halogens is 3. The zero-order chi connectivity index (χ0) is 21.1. The van der Waals surface area contributed by atoms with Crippen molar-refractivity contribution in [1.82, 2.24) is 9.97 Å². The van der Waals surface area contributed by atoms with Crippen LogP contribution in [0.3, 0.4) is 0 Å². The minimum Gasteiger partial charge on any atom is -0.322 e. The highest BCUT2D eigenvalue weighted by molar-refractivity contribution is 7.99. The molecule has 3 aromatic rings. The average Bonchev–Trinajstić information content (AvgIpc) is 2.68. The highest BCUT2D eigenvalue weighted by Crippen LogP contribution is 2.30. The number of rotatable bonds is 5. The van der Waals surface area contributed by atoms with Crippen LogP contribution in [0, 0.1) is 0 Å². The second-order valence-corrected chi connectivity index (χ2v) is 8.56. The largest absolute Gasteiger partial charge is 0.501 e. The fourth-order valence-corrected chi connectivity index (χ4v) is 3.72. The maximum absolute atomic E-state index is 12.6. The topological polar surface area (TPSA) is 89.0 Å². The Balaban J connectivity index is 1.73. The smallest absolute Gasteiger partial charge is 0.322 e. The molecule has 6 nitrogen and oxygen atoms in total. The van der Waals surface area contributed by atoms with E-state index < -0.39 is 26.1 Å². The van der Waals surface area contributed by atoms with Crippen LogP contribution in [0.5, 0.6) is 0 Å². The molecule has 11 heteroatoms. The van der Waals surface area contributed by atoms with Gasteiger partial charge in [-0.05, 0) is 48.5 Å². The van der Waals surface area contributed by atoms with E-state index in [0.29, 0.717) is 15.7 Å². The van der Waals surface area contributed by atoms with Crippen molar-refractivity contribution in [3.05, 3.63) is 72.6 Å².